The maximum Gasteiger partial charge on any atom is 0.255 e. The van der Waals surface area contributed by atoms with Crippen LogP contribution >= 0.6 is 0 Å². The SMILES string of the molecule is COc1ccccc1C(=O)NCCOc1cccc(C(C)(C)C)c1. The highest BCUT2D eigenvalue weighted by Crippen LogP contribution is 2.25. The Hall–Kier alpha value is -2.49. The normalized spacial score (nSPS) is 11.0. The van der Waals surface area contributed by atoms with E-state index in [2.05, 4.69) is 32.2 Å². The average Bonchev–Trinajstić information content (AvgIpc) is 2.58. The highest BCUT2D eigenvalue weighted by atomic mass is 16.5. The van der Waals surface area contributed by atoms with Crippen molar-refractivity contribution in [1.82, 2.24) is 5.32 Å². The van der Waals surface area contributed by atoms with Gasteiger partial charge < -0.3 is 14.8 Å². The third-order valence-electron chi connectivity index (χ3n) is 3.71. The molecule has 0 aromatic heterocycles. The molecule has 0 aliphatic rings. The van der Waals surface area contributed by atoms with E-state index < -0.39 is 0 Å². The second-order valence-corrected chi connectivity index (χ2v) is 6.58. The highest BCUT2D eigenvalue weighted by molar-refractivity contribution is 5.96. The van der Waals surface area contributed by atoms with E-state index in [0.29, 0.717) is 24.5 Å². The molecule has 0 spiro atoms. The van der Waals surface area contributed by atoms with Gasteiger partial charge in [0.1, 0.15) is 18.1 Å². The Morgan fingerprint density at radius 2 is 1.83 bits per heavy atom. The lowest BCUT2D eigenvalue weighted by molar-refractivity contribution is 0.0944. The van der Waals surface area contributed by atoms with Crippen molar-refractivity contribution in [2.45, 2.75) is 26.2 Å². The molecule has 2 aromatic carbocycles. The van der Waals surface area contributed by atoms with E-state index in [1.807, 2.05) is 30.3 Å². The second kappa shape index (κ2) is 7.86. The first-order chi connectivity index (χ1) is 11.4. The quantitative estimate of drug-likeness (QED) is 0.821. The molecule has 0 aliphatic heterocycles. The van der Waals surface area contributed by atoms with Gasteiger partial charge in [0.15, 0.2) is 0 Å². The maximum absolute atomic E-state index is 12.2. The van der Waals surface area contributed by atoms with Gasteiger partial charge in [-0.1, -0.05) is 45.0 Å². The van der Waals surface area contributed by atoms with Gasteiger partial charge in [0, 0.05) is 0 Å². The van der Waals surface area contributed by atoms with Crippen LogP contribution in [0.25, 0.3) is 0 Å². The standard InChI is InChI=1S/C20H25NO3/c1-20(2,3)15-8-7-9-16(14-15)24-13-12-21-19(22)17-10-5-6-11-18(17)23-4/h5-11,14H,12-13H2,1-4H3,(H,21,22). The van der Waals surface area contributed by atoms with Crippen LogP contribution in [0.5, 0.6) is 11.5 Å². The van der Waals surface area contributed by atoms with E-state index in [1.54, 1.807) is 19.2 Å². The Kier molecular flexibility index (Phi) is 5.85. The fourth-order valence-electron chi connectivity index (χ4n) is 2.31. The first-order valence-corrected chi connectivity index (χ1v) is 8.06. The van der Waals surface area contributed by atoms with Crippen LogP contribution in [0.1, 0.15) is 36.7 Å². The third-order valence-corrected chi connectivity index (χ3v) is 3.71. The van der Waals surface area contributed by atoms with Crippen LogP contribution in [0.3, 0.4) is 0 Å². The summed E-state index contributed by atoms with van der Waals surface area (Å²) < 4.78 is 10.9. The van der Waals surface area contributed by atoms with E-state index in [1.165, 1.54) is 5.56 Å². The van der Waals surface area contributed by atoms with Crippen LogP contribution in [0.2, 0.25) is 0 Å². The van der Waals surface area contributed by atoms with Gasteiger partial charge in [-0.2, -0.15) is 0 Å². The minimum Gasteiger partial charge on any atom is -0.496 e. The molecule has 0 atom stereocenters. The monoisotopic (exact) mass is 327 g/mol. The molecule has 24 heavy (non-hydrogen) atoms. The van der Waals surface area contributed by atoms with Crippen LogP contribution < -0.4 is 14.8 Å². The summed E-state index contributed by atoms with van der Waals surface area (Å²) in [6, 6.07) is 15.2. The number of amides is 1. The van der Waals surface area contributed by atoms with Gasteiger partial charge in [0.05, 0.1) is 19.2 Å². The number of nitrogens with one attached hydrogen (secondary N) is 1. The Balaban J connectivity index is 1.86. The smallest absolute Gasteiger partial charge is 0.255 e. The molecular weight excluding hydrogens is 302 g/mol. The largest absolute Gasteiger partial charge is 0.496 e. The number of carbonyl (C=O) groups excluding carboxylic acids is 1. The minimum absolute atomic E-state index is 0.0808. The van der Waals surface area contributed by atoms with Crippen LogP contribution in [0.4, 0.5) is 0 Å². The average molecular weight is 327 g/mol. The van der Waals surface area contributed by atoms with E-state index >= 15 is 0 Å². The Morgan fingerprint density at radius 1 is 1.08 bits per heavy atom. The fraction of sp³-hybridized carbons (Fsp3) is 0.350. The minimum atomic E-state index is -0.167. The van der Waals surface area contributed by atoms with Crippen molar-refractivity contribution < 1.29 is 14.3 Å². The summed E-state index contributed by atoms with van der Waals surface area (Å²) >= 11 is 0. The summed E-state index contributed by atoms with van der Waals surface area (Å²) in [5.41, 5.74) is 1.82. The van der Waals surface area contributed by atoms with E-state index in [0.717, 1.165) is 5.75 Å². The van der Waals surface area contributed by atoms with Crippen molar-refractivity contribution >= 4 is 5.91 Å². The summed E-state index contributed by atoms with van der Waals surface area (Å²) in [5.74, 6) is 1.21. The van der Waals surface area contributed by atoms with Crippen molar-refractivity contribution in [3.05, 3.63) is 59.7 Å². The molecule has 0 saturated carbocycles. The van der Waals surface area contributed by atoms with Crippen molar-refractivity contribution in [3.8, 4) is 11.5 Å². The molecule has 0 heterocycles. The number of methoxy groups -OCH3 is 1. The molecule has 1 amide bonds. The first-order valence-electron chi connectivity index (χ1n) is 8.06. The summed E-state index contributed by atoms with van der Waals surface area (Å²) in [7, 11) is 1.55. The van der Waals surface area contributed by atoms with Gasteiger partial charge in [-0.25, -0.2) is 0 Å². The molecule has 0 unspecified atom stereocenters. The predicted octanol–water partition coefficient (Wildman–Crippen LogP) is 3.80. The zero-order chi connectivity index (χ0) is 17.6. The number of carbonyl (C=O) groups is 1. The lowest BCUT2D eigenvalue weighted by Crippen LogP contribution is -2.28. The van der Waals surface area contributed by atoms with Gasteiger partial charge in [-0.3, -0.25) is 4.79 Å². The van der Waals surface area contributed by atoms with Gasteiger partial charge in [0.2, 0.25) is 0 Å². The van der Waals surface area contributed by atoms with Crippen molar-refractivity contribution in [2.24, 2.45) is 0 Å². The topological polar surface area (TPSA) is 47.6 Å². The van der Waals surface area contributed by atoms with Gasteiger partial charge in [-0.05, 0) is 35.2 Å². The number of benzene rings is 2. The number of rotatable bonds is 6. The van der Waals surface area contributed by atoms with E-state index in [9.17, 15) is 4.79 Å². The lowest BCUT2D eigenvalue weighted by atomic mass is 9.87. The van der Waals surface area contributed by atoms with Crippen molar-refractivity contribution in [3.63, 3.8) is 0 Å². The Bertz CT molecular complexity index is 689. The van der Waals surface area contributed by atoms with E-state index in [4.69, 9.17) is 9.47 Å². The molecule has 2 rings (SSSR count). The van der Waals surface area contributed by atoms with Crippen LogP contribution in [0, 0.1) is 0 Å². The van der Waals surface area contributed by atoms with Crippen LogP contribution in [-0.2, 0) is 5.41 Å². The number of hydrogen-bond donors (Lipinski definition) is 1. The van der Waals surface area contributed by atoms with Gasteiger partial charge in [0.25, 0.3) is 5.91 Å². The lowest BCUT2D eigenvalue weighted by Gasteiger charge is -2.19. The number of hydrogen-bond acceptors (Lipinski definition) is 3. The molecule has 0 saturated heterocycles. The molecule has 128 valence electrons. The third kappa shape index (κ3) is 4.75. The number of ether oxygens (including phenoxy) is 2. The summed E-state index contributed by atoms with van der Waals surface area (Å²) in [5, 5.41) is 2.84. The highest BCUT2D eigenvalue weighted by Gasteiger charge is 2.14. The number of para-hydroxylation sites is 1. The molecule has 4 heteroatoms. The van der Waals surface area contributed by atoms with Crippen LogP contribution in [0.15, 0.2) is 48.5 Å². The summed E-state index contributed by atoms with van der Waals surface area (Å²) in [6.45, 7) is 7.34. The Morgan fingerprint density at radius 3 is 2.54 bits per heavy atom. The Labute approximate surface area is 143 Å². The summed E-state index contributed by atoms with van der Waals surface area (Å²) in [4.78, 5) is 12.2. The molecule has 0 fully saturated rings. The fourth-order valence-corrected chi connectivity index (χ4v) is 2.31. The predicted molar refractivity (Wildman–Crippen MR) is 96.0 cm³/mol. The van der Waals surface area contributed by atoms with E-state index in [-0.39, 0.29) is 11.3 Å². The molecular formula is C20H25NO3. The van der Waals surface area contributed by atoms with Crippen molar-refractivity contribution in [1.29, 1.82) is 0 Å². The van der Waals surface area contributed by atoms with Gasteiger partial charge in [-0.15, -0.1) is 0 Å². The molecule has 0 aliphatic carbocycles. The van der Waals surface area contributed by atoms with Crippen molar-refractivity contribution in [2.75, 3.05) is 20.3 Å². The summed E-state index contributed by atoms with van der Waals surface area (Å²) in [6.07, 6.45) is 0. The first kappa shape index (κ1) is 17.9. The zero-order valence-corrected chi connectivity index (χ0v) is 14.8. The zero-order valence-electron chi connectivity index (χ0n) is 14.8. The maximum atomic E-state index is 12.2. The molecule has 0 radical (unpaired) electrons. The van der Waals surface area contributed by atoms with Crippen LogP contribution in [-0.4, -0.2) is 26.2 Å². The van der Waals surface area contributed by atoms with Gasteiger partial charge >= 0.3 is 0 Å². The second-order valence-electron chi connectivity index (χ2n) is 6.58. The molecule has 2 aromatic rings. The molecule has 1 N–H and O–H groups in total. The molecule has 4 nitrogen and oxygen atoms in total. The molecule has 0 bridgehead atoms.